The van der Waals surface area contributed by atoms with Crippen molar-refractivity contribution in [2.45, 2.75) is 12.1 Å². The van der Waals surface area contributed by atoms with Crippen LogP contribution in [0.2, 0.25) is 5.02 Å². The second-order valence-corrected chi connectivity index (χ2v) is 5.09. The number of oxime groups is 1. The Hall–Kier alpha value is -2.40. The van der Waals surface area contributed by atoms with Crippen LogP contribution in [0, 0.1) is 10.1 Å². The molecular weight excluding hydrogens is 292 g/mol. The van der Waals surface area contributed by atoms with Crippen molar-refractivity contribution >= 4 is 17.3 Å². The molecule has 1 aliphatic rings. The van der Waals surface area contributed by atoms with Gasteiger partial charge in [-0.2, -0.15) is 0 Å². The fraction of sp³-hybridized carbons (Fsp3) is 0.133. The monoisotopic (exact) mass is 302 g/mol. The lowest BCUT2D eigenvalue weighted by Crippen LogP contribution is -2.29. The van der Waals surface area contributed by atoms with E-state index in [0.717, 1.165) is 5.56 Å². The minimum absolute atomic E-state index is 0.467. The zero-order valence-electron chi connectivity index (χ0n) is 10.8. The maximum atomic E-state index is 11.2. The van der Waals surface area contributed by atoms with Crippen molar-refractivity contribution in [3.05, 3.63) is 80.9 Å². The average molecular weight is 303 g/mol. The van der Waals surface area contributed by atoms with Crippen molar-refractivity contribution < 1.29 is 9.76 Å². The molecule has 2 unspecified atom stereocenters. The Bertz CT molecular complexity index is 703. The molecule has 0 amide bonds. The molecule has 0 spiro atoms. The van der Waals surface area contributed by atoms with Crippen LogP contribution in [0.4, 0.5) is 0 Å². The highest BCUT2D eigenvalue weighted by molar-refractivity contribution is 6.30. The molecule has 6 heteroatoms. The summed E-state index contributed by atoms with van der Waals surface area (Å²) in [5, 5.41) is 15.7. The van der Waals surface area contributed by atoms with Gasteiger partial charge in [-0.15, -0.1) is 0 Å². The third-order valence-electron chi connectivity index (χ3n) is 3.32. The molecule has 2 aromatic rings. The minimum atomic E-state index is -1.24. The van der Waals surface area contributed by atoms with E-state index < -0.39 is 17.1 Å². The number of hydrogen-bond donors (Lipinski definition) is 0. The molecule has 0 bridgehead atoms. The zero-order valence-corrected chi connectivity index (χ0v) is 11.6. The second-order valence-electron chi connectivity index (χ2n) is 4.66. The van der Waals surface area contributed by atoms with E-state index >= 15 is 0 Å². The molecule has 106 valence electrons. The fourth-order valence-electron chi connectivity index (χ4n) is 2.39. The molecule has 5 nitrogen and oxygen atoms in total. The summed E-state index contributed by atoms with van der Waals surface area (Å²) in [7, 11) is 0. The number of benzene rings is 2. The van der Waals surface area contributed by atoms with Crippen LogP contribution >= 0.6 is 11.6 Å². The van der Waals surface area contributed by atoms with Crippen LogP contribution < -0.4 is 0 Å². The quantitative estimate of drug-likeness (QED) is 0.644. The maximum Gasteiger partial charge on any atom is 0.387 e. The number of hydrogen-bond acceptors (Lipinski definition) is 4. The van der Waals surface area contributed by atoms with E-state index in [4.69, 9.17) is 16.4 Å². The number of rotatable bonds is 3. The van der Waals surface area contributed by atoms with Gasteiger partial charge in [0.1, 0.15) is 11.6 Å². The zero-order chi connectivity index (χ0) is 14.8. The van der Waals surface area contributed by atoms with E-state index in [1.165, 1.54) is 0 Å². The van der Waals surface area contributed by atoms with E-state index in [9.17, 15) is 10.1 Å². The summed E-state index contributed by atoms with van der Waals surface area (Å²) in [5.74, 6) is -0.582. The van der Waals surface area contributed by atoms with Gasteiger partial charge < -0.3 is 4.84 Å². The normalized spacial score (nSPS) is 20.7. The molecule has 3 rings (SSSR count). The number of nitro groups is 1. The van der Waals surface area contributed by atoms with Gasteiger partial charge in [0.05, 0.1) is 4.92 Å². The molecule has 1 heterocycles. The van der Waals surface area contributed by atoms with Crippen molar-refractivity contribution in [2.24, 2.45) is 5.16 Å². The fourth-order valence-corrected chi connectivity index (χ4v) is 2.59. The Balaban J connectivity index is 2.06. The summed E-state index contributed by atoms with van der Waals surface area (Å²) in [4.78, 5) is 15.8. The average Bonchev–Trinajstić information content (AvgIpc) is 2.93. The highest BCUT2D eigenvalue weighted by Gasteiger charge is 2.44. The summed E-state index contributed by atoms with van der Waals surface area (Å²) in [6, 6.07) is 16.3. The van der Waals surface area contributed by atoms with Crippen LogP contribution in [0.15, 0.2) is 59.8 Å². The Morgan fingerprint density at radius 1 is 1.14 bits per heavy atom. The molecule has 21 heavy (non-hydrogen) atoms. The van der Waals surface area contributed by atoms with Crippen molar-refractivity contribution in [1.82, 2.24) is 0 Å². The largest absolute Gasteiger partial charge is 0.387 e. The predicted octanol–water partition coefficient (Wildman–Crippen LogP) is 3.46. The third kappa shape index (κ3) is 2.60. The minimum Gasteiger partial charge on any atom is -0.320 e. The molecule has 2 atom stereocenters. The summed E-state index contributed by atoms with van der Waals surface area (Å²) in [6.45, 7) is 0. The van der Waals surface area contributed by atoms with Crippen LogP contribution in [0.25, 0.3) is 0 Å². The maximum absolute atomic E-state index is 11.2. The molecule has 0 N–H and O–H groups in total. The van der Waals surface area contributed by atoms with Gasteiger partial charge in [-0.1, -0.05) is 59.2 Å². The van der Waals surface area contributed by atoms with E-state index in [-0.39, 0.29) is 0 Å². The van der Waals surface area contributed by atoms with Crippen LogP contribution in [0.5, 0.6) is 0 Å². The summed E-state index contributed by atoms with van der Waals surface area (Å²) in [5.41, 5.74) is 2.05. The van der Waals surface area contributed by atoms with Crippen molar-refractivity contribution in [1.29, 1.82) is 0 Å². The van der Waals surface area contributed by atoms with Crippen molar-refractivity contribution in [2.75, 3.05) is 0 Å². The highest BCUT2D eigenvalue weighted by Crippen LogP contribution is 2.33. The SMILES string of the molecule is O=[N+]([O-])C1ON=C(c2ccccc2)C1c1cccc(Cl)c1. The molecule has 0 aromatic heterocycles. The lowest BCUT2D eigenvalue weighted by molar-refractivity contribution is -0.574. The molecule has 0 saturated carbocycles. The van der Waals surface area contributed by atoms with Gasteiger partial charge in [-0.25, -0.2) is 0 Å². The van der Waals surface area contributed by atoms with Crippen LogP contribution in [-0.2, 0) is 4.84 Å². The predicted molar refractivity (Wildman–Crippen MR) is 79.0 cm³/mol. The third-order valence-corrected chi connectivity index (χ3v) is 3.56. The Morgan fingerprint density at radius 3 is 2.57 bits per heavy atom. The lowest BCUT2D eigenvalue weighted by atomic mass is 9.89. The molecule has 1 aliphatic heterocycles. The highest BCUT2D eigenvalue weighted by atomic mass is 35.5. The molecule has 0 aliphatic carbocycles. The van der Waals surface area contributed by atoms with Gasteiger partial charge in [-0.3, -0.25) is 10.1 Å². The van der Waals surface area contributed by atoms with Crippen molar-refractivity contribution in [3.8, 4) is 0 Å². The van der Waals surface area contributed by atoms with Gasteiger partial charge in [0, 0.05) is 10.6 Å². The van der Waals surface area contributed by atoms with Crippen LogP contribution in [-0.4, -0.2) is 16.9 Å². The lowest BCUT2D eigenvalue weighted by Gasteiger charge is -2.13. The molecule has 0 saturated heterocycles. The first-order chi connectivity index (χ1) is 10.2. The topological polar surface area (TPSA) is 64.7 Å². The summed E-state index contributed by atoms with van der Waals surface area (Å²) >= 11 is 5.99. The van der Waals surface area contributed by atoms with Gasteiger partial charge in [0.2, 0.25) is 0 Å². The van der Waals surface area contributed by atoms with E-state index in [1.807, 2.05) is 30.3 Å². The van der Waals surface area contributed by atoms with Gasteiger partial charge in [0.25, 0.3) is 0 Å². The number of nitrogens with zero attached hydrogens (tertiary/aromatic N) is 2. The summed E-state index contributed by atoms with van der Waals surface area (Å²) in [6.07, 6.45) is -1.24. The van der Waals surface area contributed by atoms with Crippen LogP contribution in [0.1, 0.15) is 17.0 Å². The standard InChI is InChI=1S/C15H11ClN2O3/c16-12-8-4-7-11(9-12)13-14(10-5-2-1-3-6-10)17-21-15(13)18(19)20/h1-9,13,15H. The Kier molecular flexibility index (Phi) is 3.58. The van der Waals surface area contributed by atoms with Gasteiger partial charge in [0.15, 0.2) is 0 Å². The van der Waals surface area contributed by atoms with E-state index in [1.54, 1.807) is 24.3 Å². The van der Waals surface area contributed by atoms with Crippen molar-refractivity contribution in [3.63, 3.8) is 0 Å². The summed E-state index contributed by atoms with van der Waals surface area (Å²) < 4.78 is 0. The first-order valence-electron chi connectivity index (χ1n) is 6.35. The van der Waals surface area contributed by atoms with E-state index in [2.05, 4.69) is 5.16 Å². The Morgan fingerprint density at radius 2 is 1.90 bits per heavy atom. The second kappa shape index (κ2) is 5.54. The number of halogens is 1. The van der Waals surface area contributed by atoms with Gasteiger partial charge >= 0.3 is 6.23 Å². The molecular formula is C15H11ClN2O3. The van der Waals surface area contributed by atoms with Gasteiger partial charge in [-0.05, 0) is 17.7 Å². The first kappa shape index (κ1) is 13.6. The molecule has 0 fully saturated rings. The Labute approximate surface area is 125 Å². The molecule has 0 radical (unpaired) electrons. The smallest absolute Gasteiger partial charge is 0.320 e. The first-order valence-corrected chi connectivity index (χ1v) is 6.72. The van der Waals surface area contributed by atoms with Crippen LogP contribution in [0.3, 0.4) is 0 Å². The molecule has 2 aromatic carbocycles. The van der Waals surface area contributed by atoms with E-state index in [0.29, 0.717) is 16.3 Å².